The topological polar surface area (TPSA) is 89.1 Å². The van der Waals surface area contributed by atoms with Crippen molar-refractivity contribution in [2.75, 3.05) is 14.2 Å². The molecule has 0 fully saturated rings. The normalized spacial score (nSPS) is 13.2. The Bertz CT molecular complexity index is 880. The summed E-state index contributed by atoms with van der Waals surface area (Å²) in [6.07, 6.45) is 4.06. The Morgan fingerprint density at radius 3 is 2.82 bits per heavy atom. The van der Waals surface area contributed by atoms with Gasteiger partial charge in [0.05, 0.1) is 32.7 Å². The van der Waals surface area contributed by atoms with Crippen molar-refractivity contribution >= 4 is 6.09 Å². The van der Waals surface area contributed by atoms with E-state index in [4.69, 9.17) is 4.74 Å². The fraction of sp³-hybridized carbons (Fsp3) is 0.235. The largest absolute Gasteiger partial charge is 0.479 e. The van der Waals surface area contributed by atoms with Crippen LogP contribution in [0.5, 0.6) is 11.6 Å². The number of halogens is 2. The lowest BCUT2D eigenvalue weighted by Gasteiger charge is -2.20. The lowest BCUT2D eigenvalue weighted by Crippen LogP contribution is -2.42. The molecule has 1 aromatic carbocycles. The highest BCUT2D eigenvalue weighted by Gasteiger charge is 2.20. The van der Waals surface area contributed by atoms with Gasteiger partial charge in [0.2, 0.25) is 5.88 Å². The van der Waals surface area contributed by atoms with Gasteiger partial charge in [0, 0.05) is 18.0 Å². The van der Waals surface area contributed by atoms with Gasteiger partial charge in [-0.2, -0.15) is 13.8 Å². The second kappa shape index (κ2) is 8.48. The number of hydrazine groups is 2. The molecule has 2 aromatic rings. The van der Waals surface area contributed by atoms with Crippen LogP contribution < -0.4 is 15.0 Å². The summed E-state index contributed by atoms with van der Waals surface area (Å²) < 4.78 is 39.2. The molecule has 0 saturated carbocycles. The number of amides is 1. The third-order valence-electron chi connectivity index (χ3n) is 3.65. The van der Waals surface area contributed by atoms with Crippen molar-refractivity contribution in [3.05, 3.63) is 48.6 Å². The number of hydrogen-bond donors (Lipinski definition) is 1. The number of methoxy groups -OCH3 is 2. The molecule has 9 nitrogen and oxygen atoms in total. The van der Waals surface area contributed by atoms with E-state index in [1.807, 2.05) is 0 Å². The van der Waals surface area contributed by atoms with Crippen molar-refractivity contribution in [2.24, 2.45) is 0 Å². The Balaban J connectivity index is 1.81. The smallest absolute Gasteiger partial charge is 0.429 e. The van der Waals surface area contributed by atoms with Crippen LogP contribution in [0.3, 0.4) is 0 Å². The highest BCUT2D eigenvalue weighted by Crippen LogP contribution is 2.29. The highest BCUT2D eigenvalue weighted by molar-refractivity contribution is 5.68. The average Bonchev–Trinajstić information content (AvgIpc) is 3.15. The van der Waals surface area contributed by atoms with Gasteiger partial charge in [0.1, 0.15) is 11.4 Å². The lowest BCUT2D eigenvalue weighted by molar-refractivity contribution is -0.0498. The third kappa shape index (κ3) is 4.43. The van der Waals surface area contributed by atoms with Gasteiger partial charge in [-0.3, -0.25) is 5.01 Å². The Morgan fingerprint density at radius 2 is 2.11 bits per heavy atom. The number of hydrogen-bond acceptors (Lipinski definition) is 8. The molecule has 1 aliphatic rings. The molecule has 0 unspecified atom stereocenters. The maximum absolute atomic E-state index is 12.5. The first-order valence-corrected chi connectivity index (χ1v) is 8.03. The molecule has 1 aromatic heterocycles. The summed E-state index contributed by atoms with van der Waals surface area (Å²) in [5.74, 6) is 0.235. The summed E-state index contributed by atoms with van der Waals surface area (Å²) in [6.45, 7) is -2.67. The van der Waals surface area contributed by atoms with Crippen molar-refractivity contribution in [1.82, 2.24) is 25.5 Å². The zero-order valence-corrected chi connectivity index (χ0v) is 15.0. The second-order valence-corrected chi connectivity index (χ2v) is 5.49. The number of aromatic nitrogens is 2. The van der Waals surface area contributed by atoms with E-state index in [1.165, 1.54) is 38.7 Å². The maximum atomic E-state index is 12.5. The highest BCUT2D eigenvalue weighted by atomic mass is 19.3. The molecule has 0 radical (unpaired) electrons. The van der Waals surface area contributed by atoms with Gasteiger partial charge in [0.15, 0.2) is 0 Å². The summed E-state index contributed by atoms with van der Waals surface area (Å²) in [4.78, 5) is 20.2. The van der Waals surface area contributed by atoms with E-state index in [2.05, 4.69) is 25.0 Å². The first-order chi connectivity index (χ1) is 13.5. The van der Waals surface area contributed by atoms with Crippen molar-refractivity contribution < 1.29 is 27.8 Å². The zero-order chi connectivity index (χ0) is 20.1. The summed E-state index contributed by atoms with van der Waals surface area (Å²) in [5.41, 5.74) is 4.20. The molecule has 0 aliphatic carbocycles. The van der Waals surface area contributed by atoms with Crippen molar-refractivity contribution in [3.63, 3.8) is 0 Å². The van der Waals surface area contributed by atoms with Gasteiger partial charge in [-0.15, -0.1) is 5.53 Å². The van der Waals surface area contributed by atoms with Gasteiger partial charge in [-0.1, -0.05) is 12.1 Å². The number of nitrogens with zero attached hydrogens (tertiary/aromatic N) is 4. The molecule has 0 bridgehead atoms. The van der Waals surface area contributed by atoms with Crippen LogP contribution >= 0.6 is 0 Å². The number of carbonyl (C=O) groups is 1. The summed E-state index contributed by atoms with van der Waals surface area (Å²) in [7, 11) is 2.71. The minimum atomic E-state index is -2.93. The van der Waals surface area contributed by atoms with E-state index >= 15 is 0 Å². The van der Waals surface area contributed by atoms with Crippen LogP contribution in [0.4, 0.5) is 13.6 Å². The predicted molar refractivity (Wildman–Crippen MR) is 92.7 cm³/mol. The molecule has 1 aliphatic heterocycles. The lowest BCUT2D eigenvalue weighted by atomic mass is 10.1. The van der Waals surface area contributed by atoms with Crippen molar-refractivity contribution in [3.8, 4) is 22.9 Å². The van der Waals surface area contributed by atoms with Gasteiger partial charge >= 0.3 is 12.7 Å². The summed E-state index contributed by atoms with van der Waals surface area (Å²) >= 11 is 0. The van der Waals surface area contributed by atoms with Crippen molar-refractivity contribution in [1.29, 1.82) is 0 Å². The number of carbonyl (C=O) groups excluding carboxylic acids is 1. The van der Waals surface area contributed by atoms with Crippen LogP contribution in [-0.4, -0.2) is 46.9 Å². The summed E-state index contributed by atoms with van der Waals surface area (Å²) in [5, 5.41) is 2.75. The standard InChI is InChI=1S/C17H17F2N5O4/c1-26-15-14(11-4-3-5-13(8-11)28-16(18)19)21-12(9-20-15)10-23-6-7-24(22-23)17(25)27-2/h3-9,16,22H,10H2,1-2H3. The molecular weight excluding hydrogens is 376 g/mol. The van der Waals surface area contributed by atoms with Crippen LogP contribution in [-0.2, 0) is 11.3 Å². The molecule has 2 heterocycles. The quantitative estimate of drug-likeness (QED) is 0.801. The molecule has 0 spiro atoms. The van der Waals surface area contributed by atoms with Crippen LogP contribution in [0, 0.1) is 0 Å². The molecule has 0 saturated heterocycles. The van der Waals surface area contributed by atoms with Crippen LogP contribution in [0.1, 0.15) is 5.69 Å². The number of nitrogens with one attached hydrogen (secondary N) is 1. The van der Waals surface area contributed by atoms with Gasteiger partial charge in [0.25, 0.3) is 0 Å². The Morgan fingerprint density at radius 1 is 1.29 bits per heavy atom. The van der Waals surface area contributed by atoms with Crippen LogP contribution in [0.15, 0.2) is 42.9 Å². The second-order valence-electron chi connectivity index (χ2n) is 5.49. The minimum absolute atomic E-state index is 0.000353. The molecule has 0 atom stereocenters. The van der Waals surface area contributed by atoms with E-state index in [9.17, 15) is 13.6 Å². The van der Waals surface area contributed by atoms with Crippen LogP contribution in [0.2, 0.25) is 0 Å². The monoisotopic (exact) mass is 393 g/mol. The van der Waals surface area contributed by atoms with E-state index in [0.717, 1.165) is 5.01 Å². The Hall–Kier alpha value is -3.47. The predicted octanol–water partition coefficient (Wildman–Crippen LogP) is 2.53. The first kappa shape index (κ1) is 19.3. The van der Waals surface area contributed by atoms with E-state index < -0.39 is 12.7 Å². The first-order valence-electron chi connectivity index (χ1n) is 8.03. The molecular formula is C17H17F2N5O4. The SMILES string of the molecule is COC(=O)N1C=CN(Cc2cnc(OC)c(-c3cccc(OC(F)F)c3)n2)N1. The number of ether oxygens (including phenoxy) is 3. The maximum Gasteiger partial charge on any atom is 0.429 e. The minimum Gasteiger partial charge on any atom is -0.479 e. The van der Waals surface area contributed by atoms with E-state index in [-0.39, 0.29) is 18.2 Å². The fourth-order valence-electron chi connectivity index (χ4n) is 2.46. The molecule has 1 N–H and O–H groups in total. The van der Waals surface area contributed by atoms with Crippen molar-refractivity contribution in [2.45, 2.75) is 13.2 Å². The Kier molecular flexibility index (Phi) is 5.84. The fourth-order valence-corrected chi connectivity index (χ4v) is 2.46. The Labute approximate surface area is 159 Å². The van der Waals surface area contributed by atoms with E-state index in [1.54, 1.807) is 23.3 Å². The number of alkyl halides is 2. The van der Waals surface area contributed by atoms with Gasteiger partial charge in [-0.25, -0.2) is 14.8 Å². The van der Waals surface area contributed by atoms with Gasteiger partial charge < -0.3 is 14.2 Å². The zero-order valence-electron chi connectivity index (χ0n) is 15.0. The molecule has 11 heteroatoms. The average molecular weight is 393 g/mol. The van der Waals surface area contributed by atoms with Gasteiger partial charge in [-0.05, 0) is 12.1 Å². The summed E-state index contributed by atoms with van der Waals surface area (Å²) in [6, 6.07) is 6.09. The number of benzene rings is 1. The third-order valence-corrected chi connectivity index (χ3v) is 3.65. The van der Waals surface area contributed by atoms with E-state index in [0.29, 0.717) is 17.0 Å². The molecule has 1 amide bonds. The molecule has 28 heavy (non-hydrogen) atoms. The molecule has 3 rings (SSSR count). The molecule has 148 valence electrons. The number of rotatable bonds is 6. The van der Waals surface area contributed by atoms with Crippen LogP contribution in [0.25, 0.3) is 11.3 Å².